The standard InChI is InChI=1S/C24H23Cl2NO3/c1-14-23-16(12-27(13-29-23)17-5-3-2-4-6-17)11-18-22(28)21(30-24(14)18)10-15-7-8-19(25)20(26)9-15/h7-11,17H,2-6,12-13H2,1H3/b21-10-. The number of carbonyl (C=O) groups is 1. The zero-order chi connectivity index (χ0) is 20.8. The number of ketones is 1. The first kappa shape index (κ1) is 19.9. The van der Waals surface area contributed by atoms with Crippen LogP contribution in [0.1, 0.15) is 59.2 Å². The lowest BCUT2D eigenvalue weighted by Crippen LogP contribution is -2.41. The zero-order valence-electron chi connectivity index (χ0n) is 16.8. The molecular formula is C24H23Cl2NO3. The highest BCUT2D eigenvalue weighted by Gasteiger charge is 2.34. The quantitative estimate of drug-likeness (QED) is 0.503. The van der Waals surface area contributed by atoms with Gasteiger partial charge in [0.2, 0.25) is 5.78 Å². The van der Waals surface area contributed by atoms with Crippen LogP contribution in [0, 0.1) is 6.92 Å². The molecule has 0 radical (unpaired) electrons. The van der Waals surface area contributed by atoms with E-state index in [1.165, 1.54) is 32.1 Å². The van der Waals surface area contributed by atoms with Gasteiger partial charge in [-0.1, -0.05) is 48.5 Å². The van der Waals surface area contributed by atoms with Crippen LogP contribution in [0.25, 0.3) is 6.08 Å². The summed E-state index contributed by atoms with van der Waals surface area (Å²) in [5, 5.41) is 0.917. The summed E-state index contributed by atoms with van der Waals surface area (Å²) in [6.45, 7) is 3.37. The fourth-order valence-corrected chi connectivity index (χ4v) is 5.01. The predicted octanol–water partition coefficient (Wildman–Crippen LogP) is 6.40. The molecule has 0 unspecified atom stereocenters. The van der Waals surface area contributed by atoms with Crippen LogP contribution in [0.3, 0.4) is 0 Å². The lowest BCUT2D eigenvalue weighted by atomic mass is 9.93. The Morgan fingerprint density at radius 3 is 2.63 bits per heavy atom. The van der Waals surface area contributed by atoms with Crippen LogP contribution in [0.15, 0.2) is 30.0 Å². The van der Waals surface area contributed by atoms with Crippen LogP contribution in [0.5, 0.6) is 11.5 Å². The lowest BCUT2D eigenvalue weighted by molar-refractivity contribution is 0.0397. The highest BCUT2D eigenvalue weighted by molar-refractivity contribution is 6.42. The van der Waals surface area contributed by atoms with E-state index in [2.05, 4.69) is 4.90 Å². The van der Waals surface area contributed by atoms with E-state index in [0.29, 0.717) is 34.1 Å². The summed E-state index contributed by atoms with van der Waals surface area (Å²) in [5.41, 5.74) is 3.32. The Hall–Kier alpha value is -2.01. The molecule has 0 aromatic heterocycles. The van der Waals surface area contributed by atoms with Gasteiger partial charge in [-0.05, 0) is 49.6 Å². The molecule has 30 heavy (non-hydrogen) atoms. The zero-order valence-corrected chi connectivity index (χ0v) is 18.4. The number of Topliss-reactive ketones (excluding diaryl/α,β-unsaturated/α-hetero) is 1. The fraction of sp³-hybridized carbons (Fsp3) is 0.375. The molecule has 2 aromatic carbocycles. The first-order chi connectivity index (χ1) is 14.5. The summed E-state index contributed by atoms with van der Waals surface area (Å²) in [6, 6.07) is 7.76. The summed E-state index contributed by atoms with van der Waals surface area (Å²) in [6.07, 6.45) is 8.05. The van der Waals surface area contributed by atoms with Crippen LogP contribution >= 0.6 is 23.2 Å². The second-order valence-corrected chi connectivity index (χ2v) is 9.11. The van der Waals surface area contributed by atoms with Crippen molar-refractivity contribution in [3.63, 3.8) is 0 Å². The minimum Gasteiger partial charge on any atom is -0.477 e. The Bertz CT molecular complexity index is 1060. The van der Waals surface area contributed by atoms with Crippen molar-refractivity contribution in [1.29, 1.82) is 0 Å². The minimum absolute atomic E-state index is 0.114. The van der Waals surface area contributed by atoms with E-state index >= 15 is 0 Å². The Kier molecular flexibility index (Phi) is 5.26. The third-order valence-electron chi connectivity index (χ3n) is 6.30. The van der Waals surface area contributed by atoms with Crippen molar-refractivity contribution in [1.82, 2.24) is 4.90 Å². The molecular weight excluding hydrogens is 421 g/mol. The van der Waals surface area contributed by atoms with Crippen molar-refractivity contribution in [2.24, 2.45) is 0 Å². The molecule has 2 aromatic rings. The monoisotopic (exact) mass is 443 g/mol. The molecule has 3 aliphatic rings. The fourth-order valence-electron chi connectivity index (χ4n) is 4.70. The highest BCUT2D eigenvalue weighted by atomic mass is 35.5. The third kappa shape index (κ3) is 3.51. The molecule has 4 nitrogen and oxygen atoms in total. The summed E-state index contributed by atoms with van der Waals surface area (Å²) >= 11 is 12.1. The van der Waals surface area contributed by atoms with Gasteiger partial charge >= 0.3 is 0 Å². The molecule has 0 bridgehead atoms. The van der Waals surface area contributed by atoms with E-state index in [1.54, 1.807) is 18.2 Å². The van der Waals surface area contributed by atoms with Crippen molar-refractivity contribution in [2.75, 3.05) is 6.73 Å². The van der Waals surface area contributed by atoms with Crippen molar-refractivity contribution in [3.05, 3.63) is 62.3 Å². The average Bonchev–Trinajstić information content (AvgIpc) is 3.07. The van der Waals surface area contributed by atoms with E-state index in [0.717, 1.165) is 29.0 Å². The third-order valence-corrected chi connectivity index (χ3v) is 7.04. The van der Waals surface area contributed by atoms with Crippen molar-refractivity contribution < 1.29 is 14.3 Å². The smallest absolute Gasteiger partial charge is 0.231 e. The number of benzene rings is 2. The second-order valence-electron chi connectivity index (χ2n) is 8.29. The summed E-state index contributed by atoms with van der Waals surface area (Å²) in [4.78, 5) is 15.5. The van der Waals surface area contributed by atoms with E-state index in [9.17, 15) is 4.79 Å². The van der Waals surface area contributed by atoms with Gasteiger partial charge < -0.3 is 9.47 Å². The van der Waals surface area contributed by atoms with Crippen LogP contribution in [-0.4, -0.2) is 23.5 Å². The first-order valence-corrected chi connectivity index (χ1v) is 11.2. The van der Waals surface area contributed by atoms with Gasteiger partial charge in [0.05, 0.1) is 15.6 Å². The molecule has 0 spiro atoms. The molecule has 6 heteroatoms. The number of halogens is 2. The van der Waals surface area contributed by atoms with Gasteiger partial charge in [-0.3, -0.25) is 9.69 Å². The number of rotatable bonds is 2. The van der Waals surface area contributed by atoms with Crippen LogP contribution in [-0.2, 0) is 6.54 Å². The van der Waals surface area contributed by atoms with Gasteiger partial charge in [-0.15, -0.1) is 0 Å². The Labute approximate surface area is 186 Å². The molecule has 1 fully saturated rings. The number of nitrogens with zero attached hydrogens (tertiary/aromatic N) is 1. The Balaban J connectivity index is 1.44. The molecule has 0 atom stereocenters. The Morgan fingerprint density at radius 1 is 1.07 bits per heavy atom. The molecule has 1 saturated carbocycles. The largest absolute Gasteiger partial charge is 0.477 e. The predicted molar refractivity (Wildman–Crippen MR) is 118 cm³/mol. The number of allylic oxidation sites excluding steroid dienone is 1. The molecule has 0 amide bonds. The maximum absolute atomic E-state index is 13.1. The topological polar surface area (TPSA) is 38.8 Å². The summed E-state index contributed by atoms with van der Waals surface area (Å²) in [5.74, 6) is 1.62. The van der Waals surface area contributed by atoms with Crippen LogP contribution < -0.4 is 9.47 Å². The molecule has 0 N–H and O–H groups in total. The summed E-state index contributed by atoms with van der Waals surface area (Å²) in [7, 11) is 0. The number of carbonyl (C=O) groups excluding carboxylic acids is 1. The van der Waals surface area contributed by atoms with Gasteiger partial charge in [-0.2, -0.15) is 0 Å². The van der Waals surface area contributed by atoms with E-state index in [1.807, 2.05) is 19.1 Å². The van der Waals surface area contributed by atoms with Gasteiger partial charge in [0.1, 0.15) is 18.2 Å². The Morgan fingerprint density at radius 2 is 1.87 bits per heavy atom. The van der Waals surface area contributed by atoms with Gasteiger partial charge in [0.15, 0.2) is 5.76 Å². The van der Waals surface area contributed by atoms with Crippen molar-refractivity contribution in [3.8, 4) is 11.5 Å². The van der Waals surface area contributed by atoms with Gasteiger partial charge in [-0.25, -0.2) is 0 Å². The molecule has 5 rings (SSSR count). The second kappa shape index (κ2) is 7.92. The SMILES string of the molecule is Cc1c2c(cc3c1O/C(=C\c1ccc(Cl)c(Cl)c1)C3=O)CN(C1CCCCC1)CO2. The molecule has 1 aliphatic carbocycles. The van der Waals surface area contributed by atoms with Gasteiger partial charge in [0.25, 0.3) is 0 Å². The molecule has 2 aliphatic heterocycles. The lowest BCUT2D eigenvalue weighted by Gasteiger charge is -2.37. The number of hydrogen-bond acceptors (Lipinski definition) is 4. The van der Waals surface area contributed by atoms with Crippen LogP contribution in [0.4, 0.5) is 0 Å². The van der Waals surface area contributed by atoms with Crippen molar-refractivity contribution in [2.45, 2.75) is 51.6 Å². The molecule has 0 saturated heterocycles. The first-order valence-electron chi connectivity index (χ1n) is 10.4. The maximum atomic E-state index is 13.1. The number of ether oxygens (including phenoxy) is 2. The number of fused-ring (bicyclic) bond motifs is 2. The highest BCUT2D eigenvalue weighted by Crippen LogP contribution is 2.44. The maximum Gasteiger partial charge on any atom is 0.231 e. The van der Waals surface area contributed by atoms with E-state index in [-0.39, 0.29) is 11.5 Å². The normalized spacial score (nSPS) is 20.6. The van der Waals surface area contributed by atoms with Crippen LogP contribution in [0.2, 0.25) is 10.0 Å². The van der Waals surface area contributed by atoms with Gasteiger partial charge in [0, 0.05) is 23.7 Å². The molecule has 2 heterocycles. The summed E-state index contributed by atoms with van der Waals surface area (Å²) < 4.78 is 12.1. The van der Waals surface area contributed by atoms with Crippen molar-refractivity contribution >= 4 is 35.1 Å². The minimum atomic E-state index is -0.114. The molecule has 156 valence electrons. The number of hydrogen-bond donors (Lipinski definition) is 0. The average molecular weight is 444 g/mol. The van der Waals surface area contributed by atoms with E-state index in [4.69, 9.17) is 32.7 Å². The van der Waals surface area contributed by atoms with E-state index < -0.39 is 0 Å².